The molecule has 0 atom stereocenters. The number of hydrogen-bond donors (Lipinski definition) is 4. The Kier molecular flexibility index (Phi) is 7.95. The van der Waals surface area contributed by atoms with Crippen molar-refractivity contribution in [3.63, 3.8) is 0 Å². The molecule has 4 aromatic rings. The lowest BCUT2D eigenvalue weighted by atomic mass is 10.2. The second-order valence-corrected chi connectivity index (χ2v) is 11.1. The summed E-state index contributed by atoms with van der Waals surface area (Å²) in [5.41, 5.74) is 16.9. The minimum Gasteiger partial charge on any atom is -0.363 e. The Balaban J connectivity index is 1.14. The van der Waals surface area contributed by atoms with E-state index in [2.05, 4.69) is 59.8 Å². The zero-order valence-electron chi connectivity index (χ0n) is 21.2. The number of hydrogen-bond acceptors (Lipinski definition) is 10. The summed E-state index contributed by atoms with van der Waals surface area (Å²) in [6.07, 6.45) is -2.01. The van der Waals surface area contributed by atoms with E-state index < -0.39 is 11.2 Å². The molecule has 5 N–H and O–H groups in total. The number of quaternary nitrogens is 1. The topological polar surface area (TPSA) is 106 Å². The summed E-state index contributed by atoms with van der Waals surface area (Å²) >= 11 is 2.14. The first-order valence-corrected chi connectivity index (χ1v) is 13.9. The van der Waals surface area contributed by atoms with Crippen LogP contribution in [-0.4, -0.2) is 23.3 Å². The fourth-order valence-electron chi connectivity index (χ4n) is 4.03. The average molecular weight is 575 g/mol. The smallest absolute Gasteiger partial charge is 0.363 e. The molecule has 1 fully saturated rings. The molecule has 3 heterocycles. The van der Waals surface area contributed by atoms with Crippen LogP contribution in [0, 0.1) is 13.8 Å². The molecular formula is C25H27F3N9S2+. The molecule has 0 bridgehead atoms. The summed E-state index contributed by atoms with van der Waals surface area (Å²) in [5, 5.41) is 15.6. The summed E-state index contributed by atoms with van der Waals surface area (Å²) in [5.74, 6) is 0. The van der Waals surface area contributed by atoms with E-state index in [1.807, 2.05) is 37.5 Å². The lowest BCUT2D eigenvalue weighted by molar-refractivity contribution is -0.534. The Morgan fingerprint density at radius 1 is 0.872 bits per heavy atom. The van der Waals surface area contributed by atoms with Crippen LogP contribution in [0.25, 0.3) is 0 Å². The standard InChI is InChI=1S/C25H26F3N9S2/c1-15-14-18(30-33-21-9-10-22(38-21)37-11-3-4-12-37)6-7-19(15)31-29-17-5-8-20(16(2)13-17)32-35-24-36-34-23(39-24)25(26,27)28/h5-10,13-14,29-31,33H,3-4,11-12H2,1-2H3/p+1. The van der Waals surface area contributed by atoms with E-state index in [1.165, 1.54) is 22.8 Å². The van der Waals surface area contributed by atoms with E-state index >= 15 is 0 Å². The Bertz CT molecular complexity index is 1460. The molecule has 0 radical (unpaired) electrons. The highest BCUT2D eigenvalue weighted by Gasteiger charge is 2.35. The normalized spacial score (nSPS) is 13.8. The Hall–Kier alpha value is -3.75. The molecule has 0 amide bonds. The zero-order chi connectivity index (χ0) is 27.4. The van der Waals surface area contributed by atoms with E-state index in [0.29, 0.717) is 17.0 Å². The summed E-state index contributed by atoms with van der Waals surface area (Å²) in [6.45, 7) is 6.15. The van der Waals surface area contributed by atoms with Crippen LogP contribution in [-0.2, 0) is 6.18 Å². The molecule has 1 aliphatic rings. The van der Waals surface area contributed by atoms with Crippen LogP contribution in [0.2, 0.25) is 0 Å². The summed E-state index contributed by atoms with van der Waals surface area (Å²) in [4.78, 5) is 2.44. The predicted octanol–water partition coefficient (Wildman–Crippen LogP) is 6.91. The fourth-order valence-corrected chi connectivity index (χ4v) is 5.50. The molecular weight excluding hydrogens is 547 g/mol. The van der Waals surface area contributed by atoms with Gasteiger partial charge in [-0.05, 0) is 80.3 Å². The number of hydrazine groups is 1. The molecule has 0 aliphatic carbocycles. The molecule has 0 spiro atoms. The van der Waals surface area contributed by atoms with Crippen molar-refractivity contribution in [3.05, 3.63) is 64.7 Å². The number of benzene rings is 2. The highest BCUT2D eigenvalue weighted by atomic mass is 32.1. The monoisotopic (exact) mass is 574 g/mol. The van der Waals surface area contributed by atoms with Gasteiger partial charge in [-0.25, -0.2) is 10.9 Å². The van der Waals surface area contributed by atoms with Gasteiger partial charge >= 0.3 is 6.18 Å². The molecule has 1 saturated heterocycles. The maximum Gasteiger partial charge on any atom is 0.445 e. The van der Waals surface area contributed by atoms with Crippen LogP contribution in [0.15, 0.2) is 58.8 Å². The highest BCUT2D eigenvalue weighted by molar-refractivity contribution is 7.19. The van der Waals surface area contributed by atoms with E-state index in [-0.39, 0.29) is 5.13 Å². The number of nitrogens with two attached hydrogens (primary N) is 1. The van der Waals surface area contributed by atoms with Gasteiger partial charge in [-0.1, -0.05) is 22.7 Å². The average Bonchev–Trinajstić information content (AvgIpc) is 3.68. The van der Waals surface area contributed by atoms with E-state index in [0.717, 1.165) is 41.3 Å². The zero-order valence-corrected chi connectivity index (χ0v) is 22.8. The van der Waals surface area contributed by atoms with E-state index in [1.54, 1.807) is 23.5 Å². The van der Waals surface area contributed by atoms with Crippen LogP contribution < -0.4 is 26.6 Å². The lowest BCUT2D eigenvalue weighted by Gasteiger charge is -2.14. The Morgan fingerprint density at radius 2 is 1.64 bits per heavy atom. The van der Waals surface area contributed by atoms with Gasteiger partial charge in [0.1, 0.15) is 0 Å². The van der Waals surface area contributed by atoms with Crippen LogP contribution in [0.1, 0.15) is 29.0 Å². The van der Waals surface area contributed by atoms with Crippen LogP contribution in [0.4, 0.5) is 51.1 Å². The van der Waals surface area contributed by atoms with Crippen molar-refractivity contribution in [2.24, 2.45) is 10.2 Å². The Morgan fingerprint density at radius 3 is 2.36 bits per heavy atom. The summed E-state index contributed by atoms with van der Waals surface area (Å²) < 4.78 is 38.0. The van der Waals surface area contributed by atoms with Crippen LogP contribution in [0.5, 0.6) is 0 Å². The second kappa shape index (κ2) is 11.6. The molecule has 39 heavy (non-hydrogen) atoms. The van der Waals surface area contributed by atoms with E-state index in [9.17, 15) is 13.2 Å². The molecule has 5 rings (SSSR count). The van der Waals surface area contributed by atoms with Crippen molar-refractivity contribution < 1.29 is 18.6 Å². The third-order valence-corrected chi connectivity index (χ3v) is 8.02. The van der Waals surface area contributed by atoms with Crippen LogP contribution >= 0.6 is 22.7 Å². The summed E-state index contributed by atoms with van der Waals surface area (Å²) in [6, 6.07) is 15.8. The first-order chi connectivity index (χ1) is 18.7. The number of nitrogens with zero attached hydrogens (tertiary/aromatic N) is 5. The third-order valence-electron chi connectivity index (χ3n) is 6.08. The minimum absolute atomic E-state index is 0.154. The maximum absolute atomic E-state index is 12.7. The first-order valence-electron chi connectivity index (χ1n) is 12.2. The van der Waals surface area contributed by atoms with Crippen molar-refractivity contribution in [2.75, 3.05) is 34.3 Å². The number of aryl methyl sites for hydroxylation is 2. The van der Waals surface area contributed by atoms with Crippen LogP contribution in [0.3, 0.4) is 0 Å². The van der Waals surface area contributed by atoms with Crippen molar-refractivity contribution in [1.82, 2.24) is 10.2 Å². The molecule has 2 aromatic heterocycles. The van der Waals surface area contributed by atoms with Crippen molar-refractivity contribution in [2.45, 2.75) is 32.9 Å². The quantitative estimate of drug-likeness (QED) is 0.0983. The number of rotatable bonds is 9. The van der Waals surface area contributed by atoms with Gasteiger partial charge in [0.2, 0.25) is 10.0 Å². The molecule has 14 heteroatoms. The first kappa shape index (κ1) is 26.8. The summed E-state index contributed by atoms with van der Waals surface area (Å²) in [7, 11) is 0. The number of aromatic nitrogens is 2. The van der Waals surface area contributed by atoms with Gasteiger partial charge in [0, 0.05) is 19.2 Å². The van der Waals surface area contributed by atoms with Crippen molar-refractivity contribution >= 4 is 60.6 Å². The number of thiophene rings is 1. The molecule has 2 aromatic carbocycles. The number of halogens is 3. The second-order valence-electron chi connectivity index (χ2n) is 9.03. The van der Waals surface area contributed by atoms with Gasteiger partial charge in [-0.2, -0.15) is 13.2 Å². The number of alkyl halides is 3. The molecule has 0 saturated carbocycles. The van der Waals surface area contributed by atoms with Gasteiger partial charge in [0.25, 0.3) is 5.13 Å². The third kappa shape index (κ3) is 6.82. The largest absolute Gasteiger partial charge is 0.445 e. The molecule has 1 aliphatic heterocycles. The van der Waals surface area contributed by atoms with Gasteiger partial charge in [0.15, 0.2) is 0 Å². The fraction of sp³-hybridized carbons (Fsp3) is 0.280. The van der Waals surface area contributed by atoms with E-state index in [4.69, 9.17) is 0 Å². The van der Waals surface area contributed by atoms with Gasteiger partial charge in [-0.3, -0.25) is 0 Å². The SMILES string of the molecule is Cc1cc(NNc2ccc(N[NH2+]c3ccc(N4CCCC4)s3)cc2C)ccc1N=Nc1nnc(C(F)(F)F)s1. The number of nitrogen functional groups attached to an aromatic ring is 1. The van der Waals surface area contributed by atoms with Gasteiger partial charge < -0.3 is 15.8 Å². The maximum atomic E-state index is 12.7. The number of azo groups is 1. The minimum atomic E-state index is -4.54. The van der Waals surface area contributed by atoms with Crippen molar-refractivity contribution in [3.8, 4) is 0 Å². The van der Waals surface area contributed by atoms with Crippen molar-refractivity contribution in [1.29, 1.82) is 0 Å². The Labute approximate surface area is 231 Å². The number of nitrogens with one attached hydrogen (secondary N) is 3. The number of anilines is 4. The lowest BCUT2D eigenvalue weighted by Crippen LogP contribution is -2.82. The molecule has 0 unspecified atom stereocenters. The van der Waals surface area contributed by atoms with Gasteiger partial charge in [-0.15, -0.1) is 20.4 Å². The van der Waals surface area contributed by atoms with Gasteiger partial charge in [0.05, 0.1) is 27.8 Å². The highest BCUT2D eigenvalue weighted by Crippen LogP contribution is 2.35. The molecule has 9 nitrogen and oxygen atoms in total. The molecule has 204 valence electrons. The predicted molar refractivity (Wildman–Crippen MR) is 150 cm³/mol.